The molecule has 1 unspecified atom stereocenters. The maximum atomic E-state index is 12.6. The molecule has 4 nitrogen and oxygen atoms in total. The van der Waals surface area contributed by atoms with Crippen molar-refractivity contribution < 1.29 is 4.79 Å². The van der Waals surface area contributed by atoms with Crippen LogP contribution in [0.3, 0.4) is 0 Å². The van der Waals surface area contributed by atoms with Gasteiger partial charge in [-0.1, -0.05) is 31.5 Å². The smallest absolute Gasteiger partial charge is 0.322 e. The summed E-state index contributed by atoms with van der Waals surface area (Å²) in [7, 11) is 0. The molecule has 1 aliphatic rings. The number of carbonyl (C=O) groups is 1. The van der Waals surface area contributed by atoms with Crippen LogP contribution in [0.5, 0.6) is 0 Å². The van der Waals surface area contributed by atoms with Gasteiger partial charge < -0.3 is 14.8 Å². The zero-order chi connectivity index (χ0) is 14.7. The Morgan fingerprint density at radius 3 is 2.76 bits per heavy atom. The van der Waals surface area contributed by atoms with Crippen LogP contribution >= 0.6 is 0 Å². The highest BCUT2D eigenvalue weighted by Crippen LogP contribution is 2.30. The number of amides is 2. The molecule has 0 radical (unpaired) electrons. The molecule has 1 N–H and O–H groups in total. The molecule has 1 aromatic heterocycles. The number of nitrogens with zero attached hydrogens (tertiary/aromatic N) is 2. The van der Waals surface area contributed by atoms with Crippen LogP contribution in [0.1, 0.15) is 31.5 Å². The van der Waals surface area contributed by atoms with E-state index in [-0.39, 0.29) is 12.1 Å². The third kappa shape index (κ3) is 2.79. The van der Waals surface area contributed by atoms with Gasteiger partial charge in [0.2, 0.25) is 0 Å². The summed E-state index contributed by atoms with van der Waals surface area (Å²) in [5.74, 6) is 0. The standard InChI is InChI=1S/C17H21N3O/c1-2-7-16-15-10-6-11-19(15)12-13-20(16)17(21)18-14-8-4-3-5-9-14/h3-6,8-11,16H,2,7,12-13H2,1H3,(H,18,21). The first kappa shape index (κ1) is 13.7. The van der Waals surface area contributed by atoms with E-state index in [0.29, 0.717) is 0 Å². The average Bonchev–Trinajstić information content (AvgIpc) is 2.97. The number of para-hydroxylation sites is 1. The van der Waals surface area contributed by atoms with Crippen LogP contribution < -0.4 is 5.32 Å². The third-order valence-corrected chi connectivity index (χ3v) is 4.01. The lowest BCUT2D eigenvalue weighted by molar-refractivity contribution is 0.163. The number of anilines is 1. The largest absolute Gasteiger partial charge is 0.348 e. The number of carbonyl (C=O) groups excluding carboxylic acids is 1. The first-order chi connectivity index (χ1) is 10.3. The number of nitrogens with one attached hydrogen (secondary N) is 1. The SMILES string of the molecule is CCCC1c2cccn2CCN1C(=O)Nc1ccccc1. The second-order valence-corrected chi connectivity index (χ2v) is 5.42. The molecule has 2 aromatic rings. The molecule has 2 heterocycles. The molecular weight excluding hydrogens is 262 g/mol. The Hall–Kier alpha value is -2.23. The molecule has 3 rings (SSSR count). The van der Waals surface area contributed by atoms with Gasteiger partial charge in [-0.05, 0) is 30.7 Å². The summed E-state index contributed by atoms with van der Waals surface area (Å²) in [6.45, 7) is 3.78. The Labute approximate surface area is 125 Å². The first-order valence-corrected chi connectivity index (χ1v) is 7.57. The lowest BCUT2D eigenvalue weighted by Crippen LogP contribution is -2.44. The van der Waals surface area contributed by atoms with E-state index in [1.807, 2.05) is 35.2 Å². The number of aromatic nitrogens is 1. The summed E-state index contributed by atoms with van der Waals surface area (Å²) in [6, 6.07) is 14.0. The summed E-state index contributed by atoms with van der Waals surface area (Å²) in [6.07, 6.45) is 4.15. The minimum atomic E-state index is -0.00731. The van der Waals surface area contributed by atoms with E-state index in [2.05, 4.69) is 35.1 Å². The van der Waals surface area contributed by atoms with Crippen molar-refractivity contribution in [3.8, 4) is 0 Å². The van der Waals surface area contributed by atoms with Gasteiger partial charge in [-0.25, -0.2) is 4.79 Å². The quantitative estimate of drug-likeness (QED) is 0.912. The van der Waals surface area contributed by atoms with Gasteiger partial charge in [0.15, 0.2) is 0 Å². The molecule has 0 bridgehead atoms. The molecular formula is C17H21N3O. The van der Waals surface area contributed by atoms with Gasteiger partial charge in [-0.2, -0.15) is 0 Å². The Bertz CT molecular complexity index is 606. The lowest BCUT2D eigenvalue weighted by Gasteiger charge is -2.37. The fourth-order valence-corrected chi connectivity index (χ4v) is 3.00. The Morgan fingerprint density at radius 1 is 1.19 bits per heavy atom. The average molecular weight is 283 g/mol. The highest BCUT2D eigenvalue weighted by atomic mass is 16.2. The van der Waals surface area contributed by atoms with Crippen LogP contribution in [-0.2, 0) is 6.54 Å². The lowest BCUT2D eigenvalue weighted by atomic mass is 10.0. The van der Waals surface area contributed by atoms with Crippen molar-refractivity contribution in [2.45, 2.75) is 32.4 Å². The minimum Gasteiger partial charge on any atom is -0.348 e. The fourth-order valence-electron chi connectivity index (χ4n) is 3.00. The first-order valence-electron chi connectivity index (χ1n) is 7.57. The van der Waals surface area contributed by atoms with Gasteiger partial charge in [-0.3, -0.25) is 0 Å². The summed E-state index contributed by atoms with van der Waals surface area (Å²) >= 11 is 0. The second kappa shape index (κ2) is 6.04. The maximum absolute atomic E-state index is 12.6. The predicted molar refractivity (Wildman–Crippen MR) is 84.2 cm³/mol. The molecule has 2 amide bonds. The molecule has 110 valence electrons. The van der Waals surface area contributed by atoms with E-state index in [1.165, 1.54) is 5.69 Å². The van der Waals surface area contributed by atoms with Gasteiger partial charge in [0, 0.05) is 30.7 Å². The van der Waals surface area contributed by atoms with E-state index in [4.69, 9.17) is 0 Å². The van der Waals surface area contributed by atoms with E-state index >= 15 is 0 Å². The van der Waals surface area contributed by atoms with Crippen LogP contribution in [0.2, 0.25) is 0 Å². The molecule has 1 aliphatic heterocycles. The second-order valence-electron chi connectivity index (χ2n) is 5.42. The predicted octanol–water partition coefficient (Wildman–Crippen LogP) is 3.88. The van der Waals surface area contributed by atoms with Crippen LogP contribution in [0.4, 0.5) is 10.5 Å². The van der Waals surface area contributed by atoms with E-state index in [0.717, 1.165) is 31.6 Å². The van der Waals surface area contributed by atoms with E-state index in [1.54, 1.807) is 0 Å². The molecule has 0 saturated heterocycles. The summed E-state index contributed by atoms with van der Waals surface area (Å²) in [4.78, 5) is 14.6. The Morgan fingerprint density at radius 2 is 2.00 bits per heavy atom. The minimum absolute atomic E-state index is 0.00731. The number of rotatable bonds is 3. The highest BCUT2D eigenvalue weighted by Gasteiger charge is 2.30. The van der Waals surface area contributed by atoms with Crippen LogP contribution in [0.25, 0.3) is 0 Å². The molecule has 0 spiro atoms. The number of benzene rings is 1. The zero-order valence-corrected chi connectivity index (χ0v) is 12.3. The number of fused-ring (bicyclic) bond motifs is 1. The molecule has 0 saturated carbocycles. The number of hydrogen-bond donors (Lipinski definition) is 1. The summed E-state index contributed by atoms with van der Waals surface area (Å²) < 4.78 is 2.26. The Balaban J connectivity index is 1.79. The molecule has 1 atom stereocenters. The zero-order valence-electron chi connectivity index (χ0n) is 12.3. The van der Waals surface area contributed by atoms with Gasteiger partial charge in [0.25, 0.3) is 0 Å². The summed E-state index contributed by atoms with van der Waals surface area (Å²) in [5.41, 5.74) is 2.09. The van der Waals surface area contributed by atoms with Crippen molar-refractivity contribution in [3.63, 3.8) is 0 Å². The van der Waals surface area contributed by atoms with E-state index in [9.17, 15) is 4.79 Å². The van der Waals surface area contributed by atoms with Crippen molar-refractivity contribution in [2.24, 2.45) is 0 Å². The van der Waals surface area contributed by atoms with Crippen LogP contribution in [0, 0.1) is 0 Å². The van der Waals surface area contributed by atoms with Gasteiger partial charge in [-0.15, -0.1) is 0 Å². The van der Waals surface area contributed by atoms with Gasteiger partial charge >= 0.3 is 6.03 Å². The topological polar surface area (TPSA) is 37.3 Å². The summed E-state index contributed by atoms with van der Waals surface area (Å²) in [5, 5.41) is 3.00. The van der Waals surface area contributed by atoms with Crippen LogP contribution in [0.15, 0.2) is 48.7 Å². The molecule has 21 heavy (non-hydrogen) atoms. The highest BCUT2D eigenvalue weighted by molar-refractivity contribution is 5.89. The maximum Gasteiger partial charge on any atom is 0.322 e. The van der Waals surface area contributed by atoms with E-state index < -0.39 is 0 Å². The molecule has 0 fully saturated rings. The monoisotopic (exact) mass is 283 g/mol. The van der Waals surface area contributed by atoms with Crippen molar-refractivity contribution in [1.29, 1.82) is 0 Å². The van der Waals surface area contributed by atoms with Crippen molar-refractivity contribution in [3.05, 3.63) is 54.4 Å². The van der Waals surface area contributed by atoms with Crippen LogP contribution in [-0.4, -0.2) is 22.0 Å². The van der Waals surface area contributed by atoms with Gasteiger partial charge in [0.05, 0.1) is 6.04 Å². The van der Waals surface area contributed by atoms with Crippen molar-refractivity contribution >= 4 is 11.7 Å². The van der Waals surface area contributed by atoms with Crippen molar-refractivity contribution in [1.82, 2.24) is 9.47 Å². The van der Waals surface area contributed by atoms with Gasteiger partial charge in [0.1, 0.15) is 0 Å². The molecule has 0 aliphatic carbocycles. The normalized spacial score (nSPS) is 17.4. The Kier molecular flexibility index (Phi) is 3.95. The van der Waals surface area contributed by atoms with Crippen molar-refractivity contribution in [2.75, 3.05) is 11.9 Å². The number of urea groups is 1. The third-order valence-electron chi connectivity index (χ3n) is 4.01. The molecule has 1 aromatic carbocycles. The molecule has 4 heteroatoms. The fraction of sp³-hybridized carbons (Fsp3) is 0.353. The number of hydrogen-bond acceptors (Lipinski definition) is 1.